The molecular weight excluding hydrogens is 396 g/mol. The van der Waals surface area contributed by atoms with Crippen molar-refractivity contribution < 1.29 is 43.5 Å². The summed E-state index contributed by atoms with van der Waals surface area (Å²) in [4.78, 5) is 20.8. The monoisotopic (exact) mass is 438 g/mol. The second-order valence-electron chi connectivity index (χ2n) is 5.79. The van der Waals surface area contributed by atoms with Gasteiger partial charge in [0.25, 0.3) is 0 Å². The third-order valence-electron chi connectivity index (χ3n) is 2.34. The van der Waals surface area contributed by atoms with Gasteiger partial charge >= 0.3 is 11.9 Å². The highest BCUT2D eigenvalue weighted by atomic mass is 16.6. The Morgan fingerprint density at radius 2 is 1.37 bits per heavy atom. The molecule has 0 aromatic carbocycles. The van der Waals surface area contributed by atoms with Gasteiger partial charge in [0.2, 0.25) is 0 Å². The maximum absolute atomic E-state index is 10.5. The first-order chi connectivity index (χ1) is 14.2. The summed E-state index contributed by atoms with van der Waals surface area (Å²) in [5.74, 6) is -0.823. The van der Waals surface area contributed by atoms with Gasteiger partial charge in [-0.25, -0.2) is 9.59 Å². The largest absolute Gasteiger partial charge is 0.460 e. The maximum Gasteiger partial charge on any atom is 0.330 e. The van der Waals surface area contributed by atoms with Crippen LogP contribution in [-0.2, 0) is 33.3 Å². The minimum Gasteiger partial charge on any atom is -0.460 e. The quantitative estimate of drug-likeness (QED) is 0.267. The molecule has 0 aliphatic carbocycles. The average molecular weight is 439 g/mol. The molecule has 1 atom stereocenters. The zero-order valence-corrected chi connectivity index (χ0v) is 19.4. The van der Waals surface area contributed by atoms with E-state index in [0.717, 1.165) is 31.6 Å². The molecule has 9 heteroatoms. The van der Waals surface area contributed by atoms with Crippen molar-refractivity contribution >= 4 is 11.9 Å². The lowest BCUT2D eigenvalue weighted by Gasteiger charge is -2.09. The van der Waals surface area contributed by atoms with Crippen molar-refractivity contribution in [3.05, 3.63) is 25.3 Å². The van der Waals surface area contributed by atoms with Gasteiger partial charge in [-0.2, -0.15) is 0 Å². The number of methoxy groups -OCH3 is 3. The Morgan fingerprint density at radius 1 is 0.867 bits per heavy atom. The summed E-state index contributed by atoms with van der Waals surface area (Å²) in [6.07, 6.45) is 3.71. The summed E-state index contributed by atoms with van der Waals surface area (Å²) in [5, 5.41) is 16.3. The molecule has 0 heterocycles. The summed E-state index contributed by atoms with van der Waals surface area (Å²) >= 11 is 0. The van der Waals surface area contributed by atoms with Crippen LogP contribution in [0.4, 0.5) is 0 Å². The van der Waals surface area contributed by atoms with Gasteiger partial charge in [-0.1, -0.05) is 13.2 Å². The molecule has 0 spiro atoms. The van der Waals surface area contributed by atoms with Gasteiger partial charge in [-0.05, 0) is 33.6 Å². The molecule has 0 rings (SSSR count). The van der Waals surface area contributed by atoms with Crippen LogP contribution in [0.15, 0.2) is 25.3 Å². The number of ether oxygens (including phenoxy) is 5. The summed E-state index contributed by atoms with van der Waals surface area (Å²) in [7, 11) is 4.76. The number of esters is 2. The molecule has 0 fully saturated rings. The molecular formula is C21H42O9. The fraction of sp³-hybridized carbons (Fsp3) is 0.714. The van der Waals surface area contributed by atoms with Crippen LogP contribution in [0, 0.1) is 0 Å². The lowest BCUT2D eigenvalue weighted by molar-refractivity contribution is -0.144. The van der Waals surface area contributed by atoms with E-state index in [1.807, 2.05) is 0 Å². The van der Waals surface area contributed by atoms with Gasteiger partial charge in [0.05, 0.1) is 13.2 Å². The van der Waals surface area contributed by atoms with Crippen molar-refractivity contribution in [2.75, 3.05) is 54.4 Å². The van der Waals surface area contributed by atoms with E-state index in [-0.39, 0.29) is 18.8 Å². The number of hydrogen-bond donors (Lipinski definition) is 2. The first-order valence-electron chi connectivity index (χ1n) is 9.54. The number of hydrogen-bond acceptors (Lipinski definition) is 9. The molecule has 0 amide bonds. The minimum absolute atomic E-state index is 0.167. The second-order valence-corrected chi connectivity index (χ2v) is 5.79. The van der Waals surface area contributed by atoms with E-state index in [2.05, 4.69) is 22.6 Å². The Labute approximate surface area is 181 Å². The molecule has 9 nitrogen and oxygen atoms in total. The zero-order chi connectivity index (χ0) is 24.2. The normalized spacial score (nSPS) is 10.0. The first-order valence-corrected chi connectivity index (χ1v) is 9.54. The predicted octanol–water partition coefficient (Wildman–Crippen LogP) is 1.90. The molecule has 1 unspecified atom stereocenters. The van der Waals surface area contributed by atoms with Gasteiger partial charge in [-0.15, -0.1) is 0 Å². The molecule has 0 saturated carbocycles. The van der Waals surface area contributed by atoms with Crippen LogP contribution >= 0.6 is 0 Å². The molecule has 0 radical (unpaired) electrons. The van der Waals surface area contributed by atoms with Crippen molar-refractivity contribution in [1.82, 2.24) is 0 Å². The van der Waals surface area contributed by atoms with Crippen molar-refractivity contribution in [3.63, 3.8) is 0 Å². The summed E-state index contributed by atoms with van der Waals surface area (Å²) < 4.78 is 23.4. The Morgan fingerprint density at radius 3 is 1.73 bits per heavy atom. The van der Waals surface area contributed by atoms with Crippen LogP contribution in [0.3, 0.4) is 0 Å². The molecule has 0 saturated heterocycles. The van der Waals surface area contributed by atoms with Crippen LogP contribution in [0.2, 0.25) is 0 Å². The van der Waals surface area contributed by atoms with Crippen LogP contribution in [0.1, 0.15) is 33.6 Å². The number of carbonyl (C=O) groups excluding carboxylic acids is 2. The number of rotatable bonds is 12. The highest BCUT2D eigenvalue weighted by Gasteiger charge is 2.03. The molecule has 2 N–H and O–H groups in total. The predicted molar refractivity (Wildman–Crippen MR) is 116 cm³/mol. The lowest BCUT2D eigenvalue weighted by atomic mass is 10.3. The SMILES string of the molecule is C=CC(=O)OC(C)COC.C=CC(=O)OCCOC.CC(C)O.COCCCCO. The summed E-state index contributed by atoms with van der Waals surface area (Å²) in [6, 6.07) is 0. The van der Waals surface area contributed by atoms with Crippen LogP contribution in [-0.4, -0.2) is 88.7 Å². The van der Waals surface area contributed by atoms with Gasteiger partial charge in [0, 0.05) is 52.8 Å². The maximum atomic E-state index is 10.5. The molecule has 0 aromatic heterocycles. The Balaban J connectivity index is -0.000000157. The summed E-state index contributed by atoms with van der Waals surface area (Å²) in [6.45, 7) is 13.9. The molecule has 0 bridgehead atoms. The molecule has 0 aromatic rings. The summed E-state index contributed by atoms with van der Waals surface area (Å²) in [5.41, 5.74) is 0. The smallest absolute Gasteiger partial charge is 0.330 e. The molecule has 0 aliphatic heterocycles. The minimum atomic E-state index is -0.412. The fourth-order valence-electron chi connectivity index (χ4n) is 1.16. The van der Waals surface area contributed by atoms with Crippen LogP contribution < -0.4 is 0 Å². The molecule has 30 heavy (non-hydrogen) atoms. The van der Waals surface area contributed by atoms with Crippen LogP contribution in [0.5, 0.6) is 0 Å². The number of unbranched alkanes of at least 4 members (excludes halogenated alkanes) is 1. The topological polar surface area (TPSA) is 121 Å². The zero-order valence-electron chi connectivity index (χ0n) is 19.4. The first kappa shape index (κ1) is 35.6. The highest BCUT2D eigenvalue weighted by molar-refractivity contribution is 5.81. The number of aliphatic hydroxyl groups excluding tert-OH is 2. The highest BCUT2D eigenvalue weighted by Crippen LogP contribution is 1.91. The Bertz CT molecular complexity index is 378. The van der Waals surface area contributed by atoms with E-state index in [1.165, 1.54) is 0 Å². The van der Waals surface area contributed by atoms with Crippen molar-refractivity contribution in [2.24, 2.45) is 0 Å². The van der Waals surface area contributed by atoms with Crippen LogP contribution in [0.25, 0.3) is 0 Å². The molecule has 180 valence electrons. The van der Waals surface area contributed by atoms with Gasteiger partial charge in [0.15, 0.2) is 0 Å². The number of aliphatic hydroxyl groups is 2. The Hall–Kier alpha value is -1.78. The van der Waals surface area contributed by atoms with Gasteiger partial charge in [0.1, 0.15) is 12.7 Å². The average Bonchev–Trinajstić information content (AvgIpc) is 2.69. The molecule has 0 aliphatic rings. The van der Waals surface area contributed by atoms with E-state index in [9.17, 15) is 9.59 Å². The van der Waals surface area contributed by atoms with E-state index in [0.29, 0.717) is 19.8 Å². The van der Waals surface area contributed by atoms with Crippen molar-refractivity contribution in [2.45, 2.75) is 45.8 Å². The van der Waals surface area contributed by atoms with Gasteiger partial charge in [-0.3, -0.25) is 0 Å². The van der Waals surface area contributed by atoms with E-state index in [1.54, 1.807) is 42.1 Å². The lowest BCUT2D eigenvalue weighted by Crippen LogP contribution is -2.17. The van der Waals surface area contributed by atoms with E-state index in [4.69, 9.17) is 24.4 Å². The van der Waals surface area contributed by atoms with Crippen molar-refractivity contribution in [1.29, 1.82) is 0 Å². The third-order valence-corrected chi connectivity index (χ3v) is 2.34. The van der Waals surface area contributed by atoms with E-state index < -0.39 is 11.9 Å². The fourth-order valence-corrected chi connectivity index (χ4v) is 1.16. The van der Waals surface area contributed by atoms with Crippen molar-refractivity contribution in [3.8, 4) is 0 Å². The second kappa shape index (κ2) is 31.9. The van der Waals surface area contributed by atoms with E-state index >= 15 is 0 Å². The van der Waals surface area contributed by atoms with Gasteiger partial charge < -0.3 is 33.9 Å². The Kier molecular flexibility index (Phi) is 37.9. The standard InChI is InChI=1S/C7H12O3.C6H10O3.C5H12O2.C3H8O/c1-4-7(8)10-6(2)5-9-3;1-3-6(7)9-5-4-8-2;1-7-5-3-2-4-6;1-3(2)4/h4,6H,1,5H2,2-3H3;3H,1,4-5H2,2H3;6H,2-5H2,1H3;3-4H,1-2H3. The number of carbonyl (C=O) groups is 2. The third kappa shape index (κ3) is 50.2.